The number of carbonyl (C=O) groups is 1. The Morgan fingerprint density at radius 3 is 2.09 bits per heavy atom. The number of benzene rings is 3. The van der Waals surface area contributed by atoms with Gasteiger partial charge >= 0.3 is 17.2 Å². The van der Waals surface area contributed by atoms with Crippen LogP contribution >= 0.6 is 0 Å². The Kier molecular flexibility index (Phi) is 4.38. The molecule has 0 spiro atoms. The molecule has 0 radical (unpaired) electrons. The van der Waals surface area contributed by atoms with E-state index in [-0.39, 0.29) is 28.2 Å². The maximum atomic E-state index is 13.4. The van der Waals surface area contributed by atoms with Crippen LogP contribution in [0.2, 0.25) is 0 Å². The maximum Gasteiger partial charge on any atom is 0.344 e. The highest BCUT2D eigenvalue weighted by molar-refractivity contribution is 5.90. The van der Waals surface area contributed by atoms with Gasteiger partial charge in [0.2, 0.25) is 0 Å². The van der Waals surface area contributed by atoms with Crippen molar-refractivity contribution in [2.75, 3.05) is 0 Å². The Morgan fingerprint density at radius 1 is 0.765 bits per heavy atom. The molecule has 0 aliphatic carbocycles. The van der Waals surface area contributed by atoms with Crippen molar-refractivity contribution in [3.63, 3.8) is 0 Å². The van der Waals surface area contributed by atoms with Gasteiger partial charge in [-0.3, -0.25) is 4.79 Å². The molecule has 0 bridgehead atoms. The van der Waals surface area contributed by atoms with E-state index >= 15 is 0 Å². The Bertz CT molecular complexity index is 1740. The van der Waals surface area contributed by atoms with Crippen LogP contribution in [0.5, 0.6) is 17.2 Å². The summed E-state index contributed by atoms with van der Waals surface area (Å²) >= 11 is 0. The number of carbonyl (C=O) groups excluding carboxylic acids is 1. The molecule has 7 nitrogen and oxygen atoms in total. The van der Waals surface area contributed by atoms with E-state index in [9.17, 15) is 14.4 Å². The standard InChI is InChI=1S/C27H16O7/c1-14(28)31-24-16-9-3-6-12-19(16)33-26(29)22(24)21-15-8-2-5-11-18(15)32-25-17-10-4-7-13-20(17)34-27(30)23(21)25/h2-13,21H,1H3/t21-/m1/s1. The van der Waals surface area contributed by atoms with Crippen molar-refractivity contribution in [3.05, 3.63) is 110 Å². The van der Waals surface area contributed by atoms with Crippen LogP contribution in [0.25, 0.3) is 21.9 Å². The first-order valence-electron chi connectivity index (χ1n) is 10.6. The number of para-hydroxylation sites is 3. The minimum Gasteiger partial charge on any atom is -0.456 e. The van der Waals surface area contributed by atoms with Gasteiger partial charge in [-0.1, -0.05) is 42.5 Å². The lowest BCUT2D eigenvalue weighted by atomic mass is 9.82. The molecule has 3 aromatic carbocycles. The highest BCUT2D eigenvalue weighted by Gasteiger charge is 2.38. The van der Waals surface area contributed by atoms with Crippen molar-refractivity contribution in [3.8, 4) is 17.2 Å². The fourth-order valence-corrected chi connectivity index (χ4v) is 4.51. The summed E-state index contributed by atoms with van der Waals surface area (Å²) in [6.07, 6.45) is 0. The Hall–Kier alpha value is -4.65. The monoisotopic (exact) mass is 452 g/mol. The summed E-state index contributed by atoms with van der Waals surface area (Å²) in [5.74, 6) is -0.757. The molecule has 5 aromatic rings. The topological polar surface area (TPSA) is 96.0 Å². The Labute approximate surface area is 191 Å². The van der Waals surface area contributed by atoms with Gasteiger partial charge in [-0.2, -0.15) is 0 Å². The lowest BCUT2D eigenvalue weighted by molar-refractivity contribution is -0.131. The second-order valence-electron chi connectivity index (χ2n) is 7.92. The predicted molar refractivity (Wildman–Crippen MR) is 124 cm³/mol. The van der Waals surface area contributed by atoms with Crippen molar-refractivity contribution < 1.29 is 23.1 Å². The van der Waals surface area contributed by atoms with E-state index in [2.05, 4.69) is 0 Å². The molecule has 0 fully saturated rings. The number of fused-ring (bicyclic) bond motifs is 5. The first-order valence-corrected chi connectivity index (χ1v) is 10.6. The van der Waals surface area contributed by atoms with Crippen LogP contribution in [0.3, 0.4) is 0 Å². The van der Waals surface area contributed by atoms with Crippen molar-refractivity contribution in [1.82, 2.24) is 0 Å². The Balaban J connectivity index is 1.78. The zero-order valence-corrected chi connectivity index (χ0v) is 17.9. The lowest BCUT2D eigenvalue weighted by Gasteiger charge is -2.28. The second-order valence-corrected chi connectivity index (χ2v) is 7.92. The first-order chi connectivity index (χ1) is 16.5. The fraction of sp³-hybridized carbons (Fsp3) is 0.0741. The maximum absolute atomic E-state index is 13.4. The quantitative estimate of drug-likeness (QED) is 0.266. The van der Waals surface area contributed by atoms with Crippen molar-refractivity contribution in [2.24, 2.45) is 0 Å². The van der Waals surface area contributed by atoms with Crippen molar-refractivity contribution >= 4 is 27.9 Å². The third-order valence-electron chi connectivity index (χ3n) is 5.86. The predicted octanol–water partition coefficient (Wildman–Crippen LogP) is 5.11. The van der Waals surface area contributed by atoms with E-state index in [1.165, 1.54) is 6.92 Å². The summed E-state index contributed by atoms with van der Waals surface area (Å²) in [4.78, 5) is 38.8. The molecule has 2 aromatic heterocycles. The summed E-state index contributed by atoms with van der Waals surface area (Å²) in [6.45, 7) is 1.25. The van der Waals surface area contributed by atoms with Gasteiger partial charge in [0.15, 0.2) is 5.75 Å². The molecule has 0 saturated heterocycles. The fourth-order valence-electron chi connectivity index (χ4n) is 4.51. The molecular weight excluding hydrogens is 436 g/mol. The van der Waals surface area contributed by atoms with E-state index in [1.807, 2.05) is 0 Å². The minimum atomic E-state index is -0.948. The molecule has 1 atom stereocenters. The highest BCUT2D eigenvalue weighted by atomic mass is 16.5. The van der Waals surface area contributed by atoms with E-state index < -0.39 is 23.1 Å². The van der Waals surface area contributed by atoms with Gasteiger partial charge in [0, 0.05) is 12.5 Å². The number of hydrogen-bond acceptors (Lipinski definition) is 7. The van der Waals surface area contributed by atoms with Gasteiger partial charge < -0.3 is 18.3 Å². The van der Waals surface area contributed by atoms with Crippen LogP contribution in [0.15, 0.2) is 91.2 Å². The van der Waals surface area contributed by atoms with Gasteiger partial charge in [0.25, 0.3) is 0 Å². The van der Waals surface area contributed by atoms with E-state index in [1.54, 1.807) is 72.8 Å². The third kappa shape index (κ3) is 2.94. The van der Waals surface area contributed by atoms with Gasteiger partial charge in [-0.15, -0.1) is 0 Å². The molecule has 34 heavy (non-hydrogen) atoms. The molecule has 7 heteroatoms. The van der Waals surface area contributed by atoms with Crippen LogP contribution in [-0.2, 0) is 4.79 Å². The molecule has 0 unspecified atom stereocenters. The number of rotatable bonds is 2. The van der Waals surface area contributed by atoms with Gasteiger partial charge in [-0.25, -0.2) is 9.59 Å². The average molecular weight is 452 g/mol. The average Bonchev–Trinajstić information content (AvgIpc) is 2.83. The number of ether oxygens (including phenoxy) is 2. The summed E-state index contributed by atoms with van der Waals surface area (Å²) in [6, 6.07) is 20.8. The zero-order chi connectivity index (χ0) is 23.4. The van der Waals surface area contributed by atoms with Crippen LogP contribution in [0, 0.1) is 0 Å². The summed E-state index contributed by atoms with van der Waals surface area (Å²) in [5.41, 5.74) is -0.0612. The molecule has 3 heterocycles. The lowest BCUT2D eigenvalue weighted by Crippen LogP contribution is -2.26. The molecule has 6 rings (SSSR count). The van der Waals surface area contributed by atoms with Crippen LogP contribution in [-0.4, -0.2) is 5.97 Å². The number of hydrogen-bond donors (Lipinski definition) is 0. The molecule has 0 saturated carbocycles. The van der Waals surface area contributed by atoms with Crippen LogP contribution < -0.4 is 20.7 Å². The summed E-state index contributed by atoms with van der Waals surface area (Å²) in [5, 5.41) is 1.01. The van der Waals surface area contributed by atoms with Crippen LogP contribution in [0.1, 0.15) is 29.5 Å². The van der Waals surface area contributed by atoms with E-state index in [4.69, 9.17) is 18.3 Å². The van der Waals surface area contributed by atoms with E-state index in [0.717, 1.165) is 0 Å². The summed E-state index contributed by atoms with van der Waals surface area (Å²) in [7, 11) is 0. The largest absolute Gasteiger partial charge is 0.456 e. The number of esters is 1. The van der Waals surface area contributed by atoms with E-state index in [0.29, 0.717) is 27.7 Å². The first kappa shape index (κ1) is 20.0. The molecule has 1 aliphatic heterocycles. The van der Waals surface area contributed by atoms with Crippen molar-refractivity contribution in [2.45, 2.75) is 12.8 Å². The highest BCUT2D eigenvalue weighted by Crippen LogP contribution is 2.50. The minimum absolute atomic E-state index is 0.0217. The van der Waals surface area contributed by atoms with Gasteiger partial charge in [0.1, 0.15) is 22.7 Å². The van der Waals surface area contributed by atoms with Crippen LogP contribution in [0.4, 0.5) is 0 Å². The molecular formula is C27H16O7. The SMILES string of the molecule is CC(=O)Oc1c([C@H]2c3ccccc3Oc3c2c(=O)oc2ccccc32)c(=O)oc2ccccc12. The molecule has 0 amide bonds. The van der Waals surface area contributed by atoms with Gasteiger partial charge in [0.05, 0.1) is 27.8 Å². The molecule has 0 N–H and O–H groups in total. The molecule has 1 aliphatic rings. The normalized spacial score (nSPS) is 14.3. The Morgan fingerprint density at radius 2 is 1.35 bits per heavy atom. The smallest absolute Gasteiger partial charge is 0.344 e. The third-order valence-corrected chi connectivity index (χ3v) is 5.86. The van der Waals surface area contributed by atoms with Crippen molar-refractivity contribution in [1.29, 1.82) is 0 Å². The second kappa shape index (κ2) is 7.45. The zero-order valence-electron chi connectivity index (χ0n) is 17.9. The van der Waals surface area contributed by atoms with Gasteiger partial charge in [-0.05, 0) is 30.3 Å². The molecule has 166 valence electrons. The summed E-state index contributed by atoms with van der Waals surface area (Å²) < 4.78 is 23.0.